The van der Waals surface area contributed by atoms with Crippen LogP contribution in [-0.4, -0.2) is 33.6 Å². The number of thioether (sulfide) groups is 1. The Bertz CT molecular complexity index is 680. The van der Waals surface area contributed by atoms with E-state index in [1.807, 2.05) is 43.2 Å². The van der Waals surface area contributed by atoms with E-state index in [0.717, 1.165) is 35.1 Å². The summed E-state index contributed by atoms with van der Waals surface area (Å²) in [5.41, 5.74) is 4.23. The molecule has 0 fully saturated rings. The van der Waals surface area contributed by atoms with Crippen molar-refractivity contribution in [2.75, 3.05) is 12.8 Å². The van der Waals surface area contributed by atoms with Gasteiger partial charge in [-0.3, -0.25) is 4.79 Å². The Balaban J connectivity index is 2.04. The lowest BCUT2D eigenvalue weighted by Gasteiger charge is -2.22. The first kappa shape index (κ1) is 19.4. The van der Waals surface area contributed by atoms with Crippen LogP contribution in [0.25, 0.3) is 0 Å². The number of nitrogens with zero attached hydrogens (tertiary/aromatic N) is 3. The van der Waals surface area contributed by atoms with Gasteiger partial charge in [-0.2, -0.15) is 0 Å². The number of carbonyl (C=O) groups is 1. The molecule has 4 nitrogen and oxygen atoms in total. The van der Waals surface area contributed by atoms with Gasteiger partial charge in [-0.25, -0.2) is 9.97 Å². The fraction of sp³-hybridized carbons (Fsp3) is 0.450. The summed E-state index contributed by atoms with van der Waals surface area (Å²) < 4.78 is 0. The molecule has 0 aliphatic carbocycles. The molecule has 2 aromatic rings. The zero-order chi connectivity index (χ0) is 18.2. The summed E-state index contributed by atoms with van der Waals surface area (Å²) in [6.45, 7) is 7.57. The predicted octanol–water partition coefficient (Wildman–Crippen LogP) is 4.19. The van der Waals surface area contributed by atoms with Crippen LogP contribution < -0.4 is 0 Å². The van der Waals surface area contributed by atoms with Gasteiger partial charge in [-0.05, 0) is 44.1 Å². The maximum Gasteiger partial charge on any atom is 0.223 e. The molecule has 0 unspecified atom stereocenters. The van der Waals surface area contributed by atoms with E-state index in [1.54, 1.807) is 11.8 Å². The number of benzene rings is 1. The smallest absolute Gasteiger partial charge is 0.223 e. The van der Waals surface area contributed by atoms with Gasteiger partial charge < -0.3 is 4.90 Å². The summed E-state index contributed by atoms with van der Waals surface area (Å²) in [5.74, 6) is 0.193. The first-order chi connectivity index (χ1) is 12.0. The standard InChI is InChI=1S/C20H27N3OS/c1-5-13-23(14-17-9-7-6-8-10-17)19(24)12-11-18-15(2)21-20(25-4)22-16(18)3/h6-10H,5,11-14H2,1-4H3. The molecule has 134 valence electrons. The van der Waals surface area contributed by atoms with Crippen LogP contribution in [0.4, 0.5) is 0 Å². The fourth-order valence-electron chi connectivity index (χ4n) is 2.92. The molecule has 0 saturated heterocycles. The molecule has 0 spiro atoms. The minimum atomic E-state index is 0.193. The third-order valence-electron chi connectivity index (χ3n) is 4.23. The van der Waals surface area contributed by atoms with Crippen molar-refractivity contribution < 1.29 is 4.79 Å². The Hall–Kier alpha value is -1.88. The number of hydrogen-bond acceptors (Lipinski definition) is 4. The molecule has 0 saturated carbocycles. The quantitative estimate of drug-likeness (QED) is 0.525. The monoisotopic (exact) mass is 357 g/mol. The molecule has 1 aromatic heterocycles. The molecule has 1 heterocycles. The lowest BCUT2D eigenvalue weighted by Crippen LogP contribution is -2.31. The number of carbonyl (C=O) groups excluding carboxylic acids is 1. The first-order valence-electron chi connectivity index (χ1n) is 8.75. The van der Waals surface area contributed by atoms with Gasteiger partial charge in [0.15, 0.2) is 5.16 Å². The number of aryl methyl sites for hydroxylation is 2. The molecule has 0 radical (unpaired) electrons. The van der Waals surface area contributed by atoms with Crippen molar-refractivity contribution in [3.63, 3.8) is 0 Å². The SMILES string of the molecule is CCCN(Cc1ccccc1)C(=O)CCc1c(C)nc(SC)nc1C. The topological polar surface area (TPSA) is 46.1 Å². The summed E-state index contributed by atoms with van der Waals surface area (Å²) in [4.78, 5) is 23.7. The number of hydrogen-bond donors (Lipinski definition) is 0. The van der Waals surface area contributed by atoms with Crippen LogP contribution in [0.5, 0.6) is 0 Å². The molecule has 0 aliphatic heterocycles. The summed E-state index contributed by atoms with van der Waals surface area (Å²) in [5, 5.41) is 0.793. The van der Waals surface area contributed by atoms with Gasteiger partial charge in [0, 0.05) is 30.9 Å². The van der Waals surface area contributed by atoms with Gasteiger partial charge in [0.05, 0.1) is 0 Å². The summed E-state index contributed by atoms with van der Waals surface area (Å²) in [7, 11) is 0. The molecule has 0 N–H and O–H groups in total. The second-order valence-electron chi connectivity index (χ2n) is 6.16. The van der Waals surface area contributed by atoms with Crippen molar-refractivity contribution in [3.8, 4) is 0 Å². The van der Waals surface area contributed by atoms with Crippen molar-refractivity contribution in [2.24, 2.45) is 0 Å². The van der Waals surface area contributed by atoms with Gasteiger partial charge in [-0.15, -0.1) is 0 Å². The van der Waals surface area contributed by atoms with Crippen LogP contribution in [-0.2, 0) is 17.8 Å². The van der Waals surface area contributed by atoms with Crippen molar-refractivity contribution in [2.45, 2.75) is 51.7 Å². The lowest BCUT2D eigenvalue weighted by molar-refractivity contribution is -0.131. The molecular weight excluding hydrogens is 330 g/mol. The van der Waals surface area contributed by atoms with E-state index in [4.69, 9.17) is 0 Å². The van der Waals surface area contributed by atoms with Crippen LogP contribution in [0.3, 0.4) is 0 Å². The highest BCUT2D eigenvalue weighted by molar-refractivity contribution is 7.98. The van der Waals surface area contributed by atoms with Crippen molar-refractivity contribution >= 4 is 17.7 Å². The van der Waals surface area contributed by atoms with Crippen LogP contribution in [0, 0.1) is 13.8 Å². The van der Waals surface area contributed by atoms with Gasteiger partial charge in [0.25, 0.3) is 0 Å². The van der Waals surface area contributed by atoms with Crippen LogP contribution in [0.15, 0.2) is 35.5 Å². The van der Waals surface area contributed by atoms with Crippen LogP contribution in [0.2, 0.25) is 0 Å². The molecule has 0 aliphatic rings. The highest BCUT2D eigenvalue weighted by Gasteiger charge is 2.15. The third-order valence-corrected chi connectivity index (χ3v) is 4.78. The van der Waals surface area contributed by atoms with Gasteiger partial charge in [-0.1, -0.05) is 49.0 Å². The van der Waals surface area contributed by atoms with Crippen molar-refractivity contribution in [1.29, 1.82) is 0 Å². The van der Waals surface area contributed by atoms with E-state index in [-0.39, 0.29) is 5.91 Å². The van der Waals surface area contributed by atoms with Gasteiger partial charge >= 0.3 is 0 Å². The first-order valence-corrected chi connectivity index (χ1v) is 9.97. The Labute approximate surface area is 155 Å². The average molecular weight is 358 g/mol. The molecule has 0 atom stereocenters. The van der Waals surface area contributed by atoms with E-state index >= 15 is 0 Å². The second-order valence-corrected chi connectivity index (χ2v) is 6.93. The zero-order valence-electron chi connectivity index (χ0n) is 15.6. The van der Waals surface area contributed by atoms with E-state index in [2.05, 4.69) is 29.0 Å². The number of aromatic nitrogens is 2. The van der Waals surface area contributed by atoms with Crippen molar-refractivity contribution in [1.82, 2.24) is 14.9 Å². The van der Waals surface area contributed by atoms with Crippen LogP contribution in [0.1, 0.15) is 42.3 Å². The number of rotatable bonds is 8. The van der Waals surface area contributed by atoms with Crippen molar-refractivity contribution in [3.05, 3.63) is 52.8 Å². The zero-order valence-corrected chi connectivity index (χ0v) is 16.4. The summed E-state index contributed by atoms with van der Waals surface area (Å²) in [6, 6.07) is 10.2. The molecule has 1 amide bonds. The normalized spacial score (nSPS) is 10.7. The minimum absolute atomic E-state index is 0.193. The Morgan fingerprint density at radius 3 is 2.32 bits per heavy atom. The fourth-order valence-corrected chi connectivity index (χ4v) is 3.37. The molecule has 0 bridgehead atoms. The molecule has 1 aromatic carbocycles. The number of amides is 1. The highest BCUT2D eigenvalue weighted by Crippen LogP contribution is 2.18. The highest BCUT2D eigenvalue weighted by atomic mass is 32.2. The average Bonchev–Trinajstić information content (AvgIpc) is 2.61. The molecule has 25 heavy (non-hydrogen) atoms. The maximum absolute atomic E-state index is 12.7. The molecular formula is C20H27N3OS. The largest absolute Gasteiger partial charge is 0.338 e. The Kier molecular flexibility index (Phi) is 7.44. The maximum atomic E-state index is 12.7. The van der Waals surface area contributed by atoms with E-state index < -0.39 is 0 Å². The Morgan fingerprint density at radius 2 is 1.76 bits per heavy atom. The lowest BCUT2D eigenvalue weighted by atomic mass is 10.1. The Morgan fingerprint density at radius 1 is 1.12 bits per heavy atom. The molecule has 5 heteroatoms. The van der Waals surface area contributed by atoms with E-state index in [0.29, 0.717) is 19.4 Å². The van der Waals surface area contributed by atoms with Gasteiger partial charge in [0.2, 0.25) is 5.91 Å². The molecule has 2 rings (SSSR count). The van der Waals surface area contributed by atoms with Crippen LogP contribution >= 0.6 is 11.8 Å². The minimum Gasteiger partial charge on any atom is -0.338 e. The van der Waals surface area contributed by atoms with E-state index in [9.17, 15) is 4.79 Å². The second kappa shape index (κ2) is 9.56. The van der Waals surface area contributed by atoms with E-state index in [1.165, 1.54) is 5.56 Å². The van der Waals surface area contributed by atoms with Gasteiger partial charge in [0.1, 0.15) is 0 Å². The summed E-state index contributed by atoms with van der Waals surface area (Å²) in [6.07, 6.45) is 4.13. The predicted molar refractivity (Wildman–Crippen MR) is 104 cm³/mol. The third kappa shape index (κ3) is 5.56. The summed E-state index contributed by atoms with van der Waals surface area (Å²) >= 11 is 1.55.